The number of H-pyrrole nitrogens is 1. The van der Waals surface area contributed by atoms with Crippen molar-refractivity contribution in [3.05, 3.63) is 38.3 Å². The maximum absolute atomic E-state index is 13.0. The highest BCUT2D eigenvalue weighted by atomic mass is 127. The van der Waals surface area contributed by atoms with E-state index in [0.29, 0.717) is 35.6 Å². The third-order valence-corrected chi connectivity index (χ3v) is 8.40. The largest absolute Gasteiger partial charge is 0.489 e. The fourth-order valence-corrected chi connectivity index (χ4v) is 5.45. The van der Waals surface area contributed by atoms with Crippen LogP contribution in [0.15, 0.2) is 29.2 Å². The molecule has 1 aromatic carbocycles. The van der Waals surface area contributed by atoms with Gasteiger partial charge in [-0.2, -0.15) is 13.9 Å². The number of aromatic amines is 1. The molecule has 0 saturated heterocycles. The molecule has 2 aromatic heterocycles. The van der Waals surface area contributed by atoms with Crippen LogP contribution in [-0.4, -0.2) is 42.7 Å². The Morgan fingerprint density at radius 1 is 1.26 bits per heavy atom. The lowest BCUT2D eigenvalue weighted by Gasteiger charge is -2.18. The van der Waals surface area contributed by atoms with Gasteiger partial charge in [0.05, 0.1) is 33.0 Å². The van der Waals surface area contributed by atoms with Crippen LogP contribution < -0.4 is 15.0 Å². The van der Waals surface area contributed by atoms with E-state index in [-0.39, 0.29) is 23.8 Å². The summed E-state index contributed by atoms with van der Waals surface area (Å²) in [6, 6.07) is 5.88. The predicted molar refractivity (Wildman–Crippen MR) is 137 cm³/mol. The minimum atomic E-state index is -2.95. The number of fused-ring (bicyclic) bond motifs is 1. The SMILES string of the molecule is C[Si](C)(C)CCOCn1c(-c2ccc(OC(F)F)c(OCC3CC3)c2)c(I)c2c(=O)[nH]ncc21. The van der Waals surface area contributed by atoms with Crippen LogP contribution in [-0.2, 0) is 11.5 Å². The summed E-state index contributed by atoms with van der Waals surface area (Å²) in [5, 5.41) is 6.97. The zero-order chi connectivity index (χ0) is 24.5. The molecule has 184 valence electrons. The van der Waals surface area contributed by atoms with Gasteiger partial charge in [-0.05, 0) is 65.6 Å². The summed E-state index contributed by atoms with van der Waals surface area (Å²) >= 11 is 2.14. The van der Waals surface area contributed by atoms with Gasteiger partial charge >= 0.3 is 6.61 Å². The highest BCUT2D eigenvalue weighted by Gasteiger charge is 2.25. The number of hydrogen-bond acceptors (Lipinski definition) is 5. The number of halogens is 3. The normalized spacial score (nSPS) is 14.2. The lowest BCUT2D eigenvalue weighted by molar-refractivity contribution is -0.0515. The van der Waals surface area contributed by atoms with Crippen LogP contribution in [0.4, 0.5) is 8.78 Å². The van der Waals surface area contributed by atoms with Gasteiger partial charge in [0.2, 0.25) is 0 Å². The number of nitrogens with one attached hydrogen (secondary N) is 1. The van der Waals surface area contributed by atoms with Gasteiger partial charge in [0, 0.05) is 20.2 Å². The number of aromatic nitrogens is 3. The summed E-state index contributed by atoms with van der Waals surface area (Å²) in [7, 11) is -1.27. The van der Waals surface area contributed by atoms with E-state index in [0.717, 1.165) is 28.1 Å². The molecular formula is C23H28F2IN3O4Si. The van der Waals surface area contributed by atoms with Crippen molar-refractivity contribution in [1.29, 1.82) is 0 Å². The molecule has 34 heavy (non-hydrogen) atoms. The molecule has 1 fully saturated rings. The van der Waals surface area contributed by atoms with Crippen molar-refractivity contribution in [3.63, 3.8) is 0 Å². The van der Waals surface area contributed by atoms with E-state index in [9.17, 15) is 13.6 Å². The van der Waals surface area contributed by atoms with E-state index in [1.54, 1.807) is 18.3 Å². The lowest BCUT2D eigenvalue weighted by atomic mass is 10.1. The minimum Gasteiger partial charge on any atom is -0.489 e. The zero-order valence-corrected chi connectivity index (χ0v) is 22.5. The van der Waals surface area contributed by atoms with Crippen molar-refractivity contribution >= 4 is 41.6 Å². The average Bonchev–Trinajstić information content (AvgIpc) is 3.54. The van der Waals surface area contributed by atoms with E-state index in [1.807, 2.05) is 4.57 Å². The molecule has 0 radical (unpaired) electrons. The molecule has 0 aliphatic heterocycles. The smallest absolute Gasteiger partial charge is 0.387 e. The second kappa shape index (κ2) is 10.3. The first-order chi connectivity index (χ1) is 16.1. The first kappa shape index (κ1) is 25.1. The number of hydrogen-bond donors (Lipinski definition) is 1. The molecule has 2 heterocycles. The number of rotatable bonds is 11. The third-order valence-electron chi connectivity index (χ3n) is 5.65. The molecule has 0 spiro atoms. The van der Waals surface area contributed by atoms with Crippen LogP contribution >= 0.6 is 22.6 Å². The molecule has 1 aliphatic rings. The van der Waals surface area contributed by atoms with Crippen LogP contribution in [0.2, 0.25) is 25.7 Å². The molecular weight excluding hydrogens is 575 g/mol. The Kier molecular flexibility index (Phi) is 7.62. The molecule has 3 aromatic rings. The Morgan fingerprint density at radius 3 is 2.71 bits per heavy atom. The maximum atomic E-state index is 13.0. The van der Waals surface area contributed by atoms with E-state index in [1.165, 1.54) is 6.07 Å². The fraction of sp³-hybridized carbons (Fsp3) is 0.478. The van der Waals surface area contributed by atoms with Gasteiger partial charge in [0.15, 0.2) is 11.5 Å². The molecule has 4 rings (SSSR count). The molecule has 0 bridgehead atoms. The topological polar surface area (TPSA) is 78.4 Å². The highest BCUT2D eigenvalue weighted by molar-refractivity contribution is 14.1. The monoisotopic (exact) mass is 603 g/mol. The van der Waals surface area contributed by atoms with Crippen molar-refractivity contribution in [2.24, 2.45) is 5.92 Å². The second-order valence-electron chi connectivity index (χ2n) is 9.69. The van der Waals surface area contributed by atoms with Crippen LogP contribution in [0.25, 0.3) is 22.2 Å². The van der Waals surface area contributed by atoms with Crippen molar-refractivity contribution in [3.8, 4) is 22.8 Å². The minimum absolute atomic E-state index is 0.0111. The molecule has 1 saturated carbocycles. The van der Waals surface area contributed by atoms with Crippen molar-refractivity contribution in [2.75, 3.05) is 13.2 Å². The lowest BCUT2D eigenvalue weighted by Crippen LogP contribution is -2.22. The Hall–Kier alpha value is -1.99. The van der Waals surface area contributed by atoms with E-state index in [4.69, 9.17) is 9.47 Å². The Bertz CT molecular complexity index is 1220. The predicted octanol–water partition coefficient (Wildman–Crippen LogP) is 5.70. The van der Waals surface area contributed by atoms with E-state index >= 15 is 0 Å². The Morgan fingerprint density at radius 2 is 2.03 bits per heavy atom. The number of benzene rings is 1. The maximum Gasteiger partial charge on any atom is 0.387 e. The highest BCUT2D eigenvalue weighted by Crippen LogP contribution is 2.39. The van der Waals surface area contributed by atoms with Crippen LogP contribution in [0.1, 0.15) is 12.8 Å². The van der Waals surface area contributed by atoms with Crippen LogP contribution in [0.5, 0.6) is 11.5 Å². The Balaban J connectivity index is 1.74. The first-order valence-corrected chi connectivity index (χ1v) is 16.0. The van der Waals surface area contributed by atoms with E-state index in [2.05, 4.69) is 57.2 Å². The third kappa shape index (κ3) is 5.97. The number of alkyl halides is 2. The van der Waals surface area contributed by atoms with Gasteiger partial charge in [-0.1, -0.05) is 19.6 Å². The average molecular weight is 603 g/mol. The second-order valence-corrected chi connectivity index (χ2v) is 16.4. The molecule has 7 nitrogen and oxygen atoms in total. The molecule has 0 amide bonds. The zero-order valence-electron chi connectivity index (χ0n) is 19.4. The van der Waals surface area contributed by atoms with Gasteiger partial charge < -0.3 is 18.8 Å². The summed E-state index contributed by atoms with van der Waals surface area (Å²) in [5.41, 5.74) is 1.79. The van der Waals surface area contributed by atoms with E-state index < -0.39 is 14.7 Å². The van der Waals surface area contributed by atoms with Crippen LogP contribution in [0, 0.1) is 9.49 Å². The van der Waals surface area contributed by atoms with Gasteiger partial charge in [0.1, 0.15) is 6.73 Å². The van der Waals surface area contributed by atoms with Crippen molar-refractivity contribution in [1.82, 2.24) is 14.8 Å². The summed E-state index contributed by atoms with van der Waals surface area (Å²) < 4.78 is 45.1. The number of nitrogens with zero attached hydrogens (tertiary/aromatic N) is 2. The standard InChI is InChI=1S/C23H28F2IN3O4Si/c1-34(2,3)9-8-31-13-29-16-11-27-28-22(30)19(16)20(26)21(29)15-6-7-17(33-23(24)25)18(10-15)32-12-14-4-5-14/h6-7,10-11,14,23H,4-5,8-9,12-13H2,1-3H3,(H,28,30). The summed E-state index contributed by atoms with van der Waals surface area (Å²) in [6.07, 6.45) is 3.74. The van der Waals surface area contributed by atoms with Crippen molar-refractivity contribution in [2.45, 2.75) is 51.9 Å². The molecule has 11 heteroatoms. The molecule has 1 N–H and O–H groups in total. The summed E-state index contributed by atoms with van der Waals surface area (Å²) in [6.45, 7) is 5.19. The molecule has 0 atom stereocenters. The van der Waals surface area contributed by atoms with Gasteiger partial charge in [0.25, 0.3) is 5.56 Å². The van der Waals surface area contributed by atoms with Gasteiger partial charge in [-0.25, -0.2) is 5.10 Å². The quantitative estimate of drug-likeness (QED) is 0.173. The molecule has 1 aliphatic carbocycles. The summed E-state index contributed by atoms with van der Waals surface area (Å²) in [5.74, 6) is 0.686. The van der Waals surface area contributed by atoms with Crippen molar-refractivity contribution < 1.29 is 23.0 Å². The van der Waals surface area contributed by atoms with Crippen LogP contribution in [0.3, 0.4) is 0 Å². The van der Waals surface area contributed by atoms with Gasteiger partial charge in [-0.3, -0.25) is 4.79 Å². The fourth-order valence-electron chi connectivity index (χ4n) is 3.57. The molecule has 0 unspecified atom stereocenters. The van der Waals surface area contributed by atoms with Gasteiger partial charge in [-0.15, -0.1) is 0 Å². The summed E-state index contributed by atoms with van der Waals surface area (Å²) in [4.78, 5) is 12.6. The number of ether oxygens (including phenoxy) is 3. The Labute approximate surface area is 210 Å². The first-order valence-electron chi connectivity index (χ1n) is 11.2.